The molecule has 9 aliphatic rings. The van der Waals surface area contributed by atoms with Gasteiger partial charge in [0.25, 0.3) is 0 Å². The number of phenols is 1. The second kappa shape index (κ2) is 23.5. The Hall–Kier alpha value is -5.50. The largest absolute Gasteiger partial charge is 0.504 e. The summed E-state index contributed by atoms with van der Waals surface area (Å²) in [6.07, 6.45) is 14.7. The van der Waals surface area contributed by atoms with Gasteiger partial charge in [-0.05, 0) is 201 Å². The number of aryl methyl sites for hydroxylation is 1. The predicted octanol–water partition coefficient (Wildman–Crippen LogP) is 8.89. The molecule has 5 saturated carbocycles. The first-order chi connectivity index (χ1) is 41.1. The van der Waals surface area contributed by atoms with Gasteiger partial charge in [-0.25, -0.2) is 0 Å². The standard InChI is InChI=1S/C71H91N5O9/c1-69(22-8-9-23-69)75-39-53-63(49(15-17-62(83)84)67-66-64-52(48-21-29-74-68(48)65(53)66)35-47(77)36-54(64)76-71(67)24-6-3-7-25-71)46-19-27-70(60(82)33-46)26-18-44(51-38-57(80)58(85-2)32-43(51)14-16-59(70)81)31-55(78)56(79)37-50(45-20-28-73-61(72)34-45)42-13-12-40-10-4-5-11-41(40)30-42/h4-5,10-13,20-21,29-30,32,34,38,44,46,49-50,52-56,60,62-67,73-76,78-80,82-84H,3,6-9,14-17,19,22-25,27-28,31,33,35-37,39,72H2,1-2H3/t44-,46-,49-,50+,52-,53+,54-,55+,56-,60-,63+,64-,65+,66-,67+,70-/m1/s1. The number of aliphatic hydroxyl groups is 5. The number of benzene rings is 3. The molecule has 0 amide bonds. The zero-order chi connectivity index (χ0) is 58.9. The monoisotopic (exact) mass is 1160 g/mol. The first kappa shape index (κ1) is 58.5. The Bertz CT molecular complexity index is 3270. The van der Waals surface area contributed by atoms with E-state index in [0.29, 0.717) is 62.2 Å². The number of fused-ring (bicyclic) bond motifs is 6. The van der Waals surface area contributed by atoms with Gasteiger partial charge in [0.15, 0.2) is 23.6 Å². The lowest BCUT2D eigenvalue weighted by atomic mass is 9.39. The first-order valence-electron chi connectivity index (χ1n) is 32.5. The minimum atomic E-state index is -1.47. The van der Waals surface area contributed by atoms with Gasteiger partial charge in [0, 0.05) is 72.6 Å². The summed E-state index contributed by atoms with van der Waals surface area (Å²) in [6, 6.07) is 20.1. The number of aromatic amines is 1. The molecule has 7 aliphatic carbocycles. The molecular formula is C71H91N5O9. The summed E-state index contributed by atoms with van der Waals surface area (Å²) >= 11 is 0. The number of piperidine rings is 1. The summed E-state index contributed by atoms with van der Waals surface area (Å²) in [5, 5.41) is 84.9. The Morgan fingerprint density at radius 3 is 2.41 bits per heavy atom. The Morgan fingerprint density at radius 2 is 1.65 bits per heavy atom. The van der Waals surface area contributed by atoms with E-state index >= 15 is 4.79 Å². The summed E-state index contributed by atoms with van der Waals surface area (Å²) in [5.41, 5.74) is 10.5. The van der Waals surface area contributed by atoms with Crippen LogP contribution in [0.2, 0.25) is 0 Å². The molecule has 0 bridgehead atoms. The molecule has 2 aliphatic heterocycles. The number of aromatic nitrogens is 1. The molecule has 0 radical (unpaired) electrons. The second-order valence-electron chi connectivity index (χ2n) is 28.1. The van der Waals surface area contributed by atoms with Crippen LogP contribution in [-0.4, -0.2) is 109 Å². The lowest BCUT2D eigenvalue weighted by Crippen LogP contribution is -2.74. The summed E-state index contributed by atoms with van der Waals surface area (Å²) in [6.45, 7) is 3.68. The number of nitrogens with one attached hydrogen (secondary N) is 4. The Balaban J connectivity index is 0.861. The molecule has 454 valence electrons. The predicted molar refractivity (Wildman–Crippen MR) is 327 cm³/mol. The molecule has 1 saturated heterocycles. The fourth-order valence-electron chi connectivity index (χ4n) is 19.7. The number of rotatable bonds is 15. The molecule has 16 atom stereocenters. The molecule has 14 heteroatoms. The zero-order valence-corrected chi connectivity index (χ0v) is 49.8. The van der Waals surface area contributed by atoms with Crippen LogP contribution in [0.15, 0.2) is 90.4 Å². The van der Waals surface area contributed by atoms with Crippen molar-refractivity contribution < 1.29 is 45.0 Å². The molecule has 14 nitrogen and oxygen atoms in total. The fraction of sp³-hybridized carbons (Fsp3) is 0.606. The average molecular weight is 1160 g/mol. The highest BCUT2D eigenvalue weighted by Crippen LogP contribution is 2.69. The number of ketones is 2. The van der Waals surface area contributed by atoms with Crippen LogP contribution in [0.3, 0.4) is 0 Å². The van der Waals surface area contributed by atoms with Crippen LogP contribution in [0.5, 0.6) is 11.5 Å². The highest BCUT2D eigenvalue weighted by Gasteiger charge is 2.68. The first-order valence-corrected chi connectivity index (χ1v) is 32.5. The van der Waals surface area contributed by atoms with Crippen LogP contribution >= 0.6 is 0 Å². The van der Waals surface area contributed by atoms with Gasteiger partial charge in [-0.1, -0.05) is 92.5 Å². The third-order valence-electron chi connectivity index (χ3n) is 23.5. The highest BCUT2D eigenvalue weighted by molar-refractivity contribution is 5.89. The Labute approximate surface area is 501 Å². The molecule has 3 aromatic carbocycles. The summed E-state index contributed by atoms with van der Waals surface area (Å²) in [4.78, 5) is 33.1. The van der Waals surface area contributed by atoms with Crippen LogP contribution < -0.4 is 26.4 Å². The van der Waals surface area contributed by atoms with Crippen LogP contribution in [0, 0.1) is 58.7 Å². The number of ether oxygens (including phenoxy) is 1. The van der Waals surface area contributed by atoms with Crippen molar-refractivity contribution in [1.82, 2.24) is 20.9 Å². The highest BCUT2D eigenvalue weighted by atomic mass is 16.5. The van der Waals surface area contributed by atoms with Crippen molar-refractivity contribution in [2.75, 3.05) is 20.2 Å². The molecule has 3 heterocycles. The maximum absolute atomic E-state index is 15.4. The SMILES string of the molecule is COc1cc2c(cc1O)[C@@H](C[C@H](O)[C@H](O)C[C@H](C1=CCNC(N)=C1)c1ccc3ccccc3c1)C#C[C@@]1(CC[C@@H]([C@@H]3[C@H](CNC4(C)CCCC4)[C@@H]4c5[nH]ccc5[C@H]5CC(=O)C[C@H]6NC7(CCCCC7)[C@@H]([C@@H]3CCC(O)O)[C@@H]4[C@H]56)C[C@H]1O)C(=O)CC2. The van der Waals surface area contributed by atoms with E-state index in [1.54, 1.807) is 12.1 Å². The average Bonchev–Trinajstić information content (AvgIpc) is 1.81. The lowest BCUT2D eigenvalue weighted by molar-refractivity contribution is -0.164. The third kappa shape index (κ3) is 10.8. The molecule has 2 spiro atoms. The van der Waals surface area contributed by atoms with E-state index in [-0.39, 0.29) is 126 Å². The van der Waals surface area contributed by atoms with Gasteiger partial charge in [-0.3, -0.25) is 9.59 Å². The number of allylic oxidation sites excluding steroid dienone is 2. The quantitative estimate of drug-likeness (QED) is 0.0394. The Kier molecular flexibility index (Phi) is 16.2. The van der Waals surface area contributed by atoms with Crippen LogP contribution in [0.4, 0.5) is 0 Å². The summed E-state index contributed by atoms with van der Waals surface area (Å²) in [5.74, 6) is 7.99. The maximum Gasteiger partial charge on any atom is 0.160 e. The van der Waals surface area contributed by atoms with Gasteiger partial charge in [0.1, 0.15) is 11.2 Å². The van der Waals surface area contributed by atoms with Gasteiger partial charge in [-0.15, -0.1) is 0 Å². The van der Waals surface area contributed by atoms with Crippen molar-refractivity contribution in [3.63, 3.8) is 0 Å². The van der Waals surface area contributed by atoms with E-state index in [1.165, 1.54) is 31.2 Å². The topological polar surface area (TPSA) is 243 Å². The number of dihydropyridines is 1. The molecule has 4 aromatic rings. The van der Waals surface area contributed by atoms with Crippen LogP contribution in [-0.2, 0) is 16.0 Å². The zero-order valence-electron chi connectivity index (χ0n) is 49.8. The van der Waals surface area contributed by atoms with E-state index in [1.807, 2.05) is 18.2 Å². The third-order valence-corrected chi connectivity index (χ3v) is 23.5. The van der Waals surface area contributed by atoms with E-state index < -0.39 is 35.9 Å². The van der Waals surface area contributed by atoms with Crippen molar-refractivity contribution in [2.24, 2.45) is 52.6 Å². The maximum atomic E-state index is 15.4. The number of hydrogen-bond acceptors (Lipinski definition) is 13. The number of nitrogens with two attached hydrogens (primary N) is 1. The second-order valence-corrected chi connectivity index (χ2v) is 28.1. The minimum absolute atomic E-state index is 0.00958. The number of methoxy groups -OCH3 is 1. The van der Waals surface area contributed by atoms with Crippen molar-refractivity contribution in [2.45, 2.75) is 201 Å². The number of carbonyl (C=O) groups is 2. The van der Waals surface area contributed by atoms with Crippen LogP contribution in [0.1, 0.15) is 181 Å². The number of aromatic hydroxyl groups is 1. The van der Waals surface area contributed by atoms with E-state index in [2.05, 4.69) is 88.4 Å². The Morgan fingerprint density at radius 1 is 0.859 bits per heavy atom. The number of H-pyrrole nitrogens is 1. The smallest absolute Gasteiger partial charge is 0.160 e. The minimum Gasteiger partial charge on any atom is -0.504 e. The number of aliphatic hydroxyl groups excluding tert-OH is 4. The van der Waals surface area contributed by atoms with Crippen molar-refractivity contribution in [3.05, 3.63) is 118 Å². The van der Waals surface area contributed by atoms with E-state index in [4.69, 9.17) is 10.5 Å². The van der Waals surface area contributed by atoms with Crippen molar-refractivity contribution >= 4 is 22.3 Å². The molecule has 13 rings (SSSR count). The molecule has 12 N–H and O–H groups in total. The number of hydrogen-bond donors (Lipinski definition) is 11. The van der Waals surface area contributed by atoms with Gasteiger partial charge in [-0.2, -0.15) is 0 Å². The lowest BCUT2D eigenvalue weighted by Gasteiger charge is -2.69. The van der Waals surface area contributed by atoms with E-state index in [9.17, 15) is 35.4 Å². The molecule has 6 fully saturated rings. The number of phenolic OH excluding ortho intramolecular Hbond substituents is 1. The van der Waals surface area contributed by atoms with Gasteiger partial charge < -0.3 is 62.0 Å². The summed E-state index contributed by atoms with van der Waals surface area (Å²) < 4.78 is 5.63. The van der Waals surface area contributed by atoms with Crippen LogP contribution in [0.25, 0.3) is 10.8 Å². The van der Waals surface area contributed by atoms with Gasteiger partial charge in [0.05, 0.1) is 31.2 Å². The normalized spacial score (nSPS) is 33.8. The van der Waals surface area contributed by atoms with Gasteiger partial charge in [0.2, 0.25) is 0 Å². The molecule has 1 aromatic heterocycles. The fourth-order valence-corrected chi connectivity index (χ4v) is 19.7. The van der Waals surface area contributed by atoms with Gasteiger partial charge >= 0.3 is 0 Å². The molecular weight excluding hydrogens is 1070 g/mol. The summed E-state index contributed by atoms with van der Waals surface area (Å²) in [7, 11) is 1.49. The van der Waals surface area contributed by atoms with Crippen molar-refractivity contribution in [3.8, 4) is 23.3 Å². The molecule has 0 unspecified atom stereocenters. The van der Waals surface area contributed by atoms with Crippen molar-refractivity contribution in [1.29, 1.82) is 0 Å². The molecule has 85 heavy (non-hydrogen) atoms. The number of carbonyl (C=O) groups excluding carboxylic acids is 2. The number of Topliss-reactive ketones (excluding diaryl/α,β-unsaturated/α-hetero) is 2. The van der Waals surface area contributed by atoms with E-state index in [0.717, 1.165) is 79.0 Å².